The Morgan fingerprint density at radius 3 is 2.73 bits per heavy atom. The van der Waals surface area contributed by atoms with E-state index in [0.717, 1.165) is 19.0 Å². The number of hydrogen-bond donors (Lipinski definition) is 1. The second kappa shape index (κ2) is 6.61. The first-order valence-electron chi connectivity index (χ1n) is 8.55. The Labute approximate surface area is 150 Å². The van der Waals surface area contributed by atoms with Gasteiger partial charge in [0, 0.05) is 31.0 Å². The van der Waals surface area contributed by atoms with Crippen LogP contribution in [0.1, 0.15) is 32.9 Å². The molecule has 1 amide bonds. The zero-order valence-electron chi connectivity index (χ0n) is 15.0. The molecule has 1 aromatic heterocycles. The maximum absolute atomic E-state index is 12.9. The van der Waals surface area contributed by atoms with Crippen LogP contribution in [0.5, 0.6) is 0 Å². The average Bonchev–Trinajstić information content (AvgIpc) is 3.07. The van der Waals surface area contributed by atoms with Crippen molar-refractivity contribution < 1.29 is 22.7 Å². The molecule has 6 nitrogen and oxygen atoms in total. The van der Waals surface area contributed by atoms with Gasteiger partial charge in [-0.2, -0.15) is 13.2 Å². The van der Waals surface area contributed by atoms with Crippen molar-refractivity contribution in [1.29, 1.82) is 0 Å². The Kier molecular flexibility index (Phi) is 4.76. The number of rotatable bonds is 2. The molecule has 0 radical (unpaired) electrons. The van der Waals surface area contributed by atoms with Crippen LogP contribution < -0.4 is 10.2 Å². The van der Waals surface area contributed by atoms with Crippen molar-refractivity contribution in [3.63, 3.8) is 0 Å². The summed E-state index contributed by atoms with van der Waals surface area (Å²) in [5, 5.41) is 2.89. The van der Waals surface area contributed by atoms with E-state index < -0.39 is 23.6 Å². The lowest BCUT2D eigenvalue weighted by molar-refractivity contribution is -0.141. The van der Waals surface area contributed by atoms with Gasteiger partial charge in [-0.05, 0) is 39.3 Å². The van der Waals surface area contributed by atoms with Crippen LogP contribution in [0.4, 0.5) is 23.7 Å². The van der Waals surface area contributed by atoms with Crippen molar-refractivity contribution in [3.05, 3.63) is 24.0 Å². The molecule has 1 N–H and O–H groups in total. The molecule has 3 heterocycles. The van der Waals surface area contributed by atoms with Gasteiger partial charge in [0.1, 0.15) is 11.3 Å². The summed E-state index contributed by atoms with van der Waals surface area (Å²) in [5.74, 6) is 0. The maximum atomic E-state index is 12.9. The molecule has 1 aromatic rings. The molecule has 3 rings (SSSR count). The van der Waals surface area contributed by atoms with E-state index in [0.29, 0.717) is 18.9 Å². The number of amides is 1. The number of ether oxygens (including phenoxy) is 1. The summed E-state index contributed by atoms with van der Waals surface area (Å²) in [6, 6.07) is 2.61. The minimum absolute atomic E-state index is 0.0463. The van der Waals surface area contributed by atoms with E-state index in [1.807, 2.05) is 4.90 Å². The van der Waals surface area contributed by atoms with E-state index >= 15 is 0 Å². The number of fused-ring (bicyclic) bond motifs is 1. The SMILES string of the molecule is CC(C)(C)OC(=O)N[C@@H]1CCN2CN(c3ccnc(C(F)(F)F)c3)CC12. The molecular weight excluding hydrogens is 349 g/mol. The number of alkyl carbamates (subject to hydrolysis) is 1. The molecule has 0 aromatic carbocycles. The van der Waals surface area contributed by atoms with Crippen LogP contribution in [-0.2, 0) is 10.9 Å². The lowest BCUT2D eigenvalue weighted by Crippen LogP contribution is -2.46. The van der Waals surface area contributed by atoms with E-state index in [4.69, 9.17) is 4.74 Å². The molecule has 0 aliphatic carbocycles. The second-order valence-corrected chi connectivity index (χ2v) is 7.68. The number of hydrogen-bond acceptors (Lipinski definition) is 5. The summed E-state index contributed by atoms with van der Waals surface area (Å²) in [6.45, 7) is 7.24. The number of aromatic nitrogens is 1. The van der Waals surface area contributed by atoms with Crippen LogP contribution in [0.25, 0.3) is 0 Å². The topological polar surface area (TPSA) is 57.7 Å². The predicted molar refractivity (Wildman–Crippen MR) is 89.7 cm³/mol. The number of pyridine rings is 1. The van der Waals surface area contributed by atoms with Crippen molar-refractivity contribution in [2.24, 2.45) is 0 Å². The lowest BCUT2D eigenvalue weighted by atomic mass is 10.1. The molecule has 2 saturated heterocycles. The van der Waals surface area contributed by atoms with Gasteiger partial charge in [0.25, 0.3) is 0 Å². The Bertz CT molecular complexity index is 675. The highest BCUT2D eigenvalue weighted by Crippen LogP contribution is 2.33. The fraction of sp³-hybridized carbons (Fsp3) is 0.647. The van der Waals surface area contributed by atoms with Gasteiger partial charge in [-0.1, -0.05) is 0 Å². The molecular formula is C17H23F3N4O2. The van der Waals surface area contributed by atoms with Crippen molar-refractivity contribution in [3.8, 4) is 0 Å². The van der Waals surface area contributed by atoms with Crippen molar-refractivity contribution in [2.75, 3.05) is 24.7 Å². The summed E-state index contributed by atoms with van der Waals surface area (Å²) >= 11 is 0. The summed E-state index contributed by atoms with van der Waals surface area (Å²) in [4.78, 5) is 19.5. The third kappa shape index (κ3) is 4.20. The first-order chi connectivity index (χ1) is 12.0. The molecule has 9 heteroatoms. The summed E-state index contributed by atoms with van der Waals surface area (Å²) < 4.78 is 43.9. The van der Waals surface area contributed by atoms with Gasteiger partial charge < -0.3 is 15.0 Å². The zero-order chi connectivity index (χ0) is 19.1. The Hall–Kier alpha value is -2.03. The summed E-state index contributed by atoms with van der Waals surface area (Å²) in [5.41, 5.74) is -0.988. The number of carbonyl (C=O) groups is 1. The van der Waals surface area contributed by atoms with Gasteiger partial charge in [-0.25, -0.2) is 4.79 Å². The minimum Gasteiger partial charge on any atom is -0.444 e. The van der Waals surface area contributed by atoms with E-state index in [9.17, 15) is 18.0 Å². The average molecular weight is 372 g/mol. The number of alkyl halides is 3. The van der Waals surface area contributed by atoms with E-state index in [-0.39, 0.29) is 12.1 Å². The van der Waals surface area contributed by atoms with Crippen LogP contribution >= 0.6 is 0 Å². The van der Waals surface area contributed by atoms with Crippen LogP contribution in [0.2, 0.25) is 0 Å². The molecule has 2 aliphatic rings. The Balaban J connectivity index is 1.66. The number of nitrogens with zero attached hydrogens (tertiary/aromatic N) is 3. The fourth-order valence-corrected chi connectivity index (χ4v) is 3.42. The van der Waals surface area contributed by atoms with Gasteiger partial charge in [-0.3, -0.25) is 9.88 Å². The van der Waals surface area contributed by atoms with Gasteiger partial charge in [0.05, 0.1) is 12.7 Å². The summed E-state index contributed by atoms with van der Waals surface area (Å²) in [7, 11) is 0. The normalized spacial score (nSPS) is 23.8. The van der Waals surface area contributed by atoms with Crippen molar-refractivity contribution in [2.45, 2.75) is 51.1 Å². The molecule has 2 aliphatic heterocycles. The molecule has 2 atom stereocenters. The molecule has 2 fully saturated rings. The number of carbonyl (C=O) groups excluding carboxylic acids is 1. The van der Waals surface area contributed by atoms with Crippen LogP contribution in [-0.4, -0.2) is 53.4 Å². The summed E-state index contributed by atoms with van der Waals surface area (Å²) in [6.07, 6.45) is -2.96. The van der Waals surface area contributed by atoms with Gasteiger partial charge in [0.15, 0.2) is 0 Å². The Morgan fingerprint density at radius 1 is 1.35 bits per heavy atom. The van der Waals surface area contributed by atoms with Crippen molar-refractivity contribution in [1.82, 2.24) is 15.2 Å². The van der Waals surface area contributed by atoms with Gasteiger partial charge >= 0.3 is 12.3 Å². The largest absolute Gasteiger partial charge is 0.444 e. The van der Waals surface area contributed by atoms with Gasteiger partial charge in [-0.15, -0.1) is 0 Å². The monoisotopic (exact) mass is 372 g/mol. The van der Waals surface area contributed by atoms with Crippen molar-refractivity contribution >= 4 is 11.8 Å². The highest BCUT2D eigenvalue weighted by Gasteiger charge is 2.42. The van der Waals surface area contributed by atoms with Crippen LogP contribution in [0.3, 0.4) is 0 Å². The van der Waals surface area contributed by atoms with Gasteiger partial charge in [0.2, 0.25) is 0 Å². The minimum atomic E-state index is -4.47. The molecule has 26 heavy (non-hydrogen) atoms. The zero-order valence-corrected chi connectivity index (χ0v) is 15.0. The molecule has 144 valence electrons. The standard InChI is InChI=1S/C17H23F3N4O2/c1-16(2,3)26-15(25)22-12-5-7-23-10-24(9-13(12)23)11-4-6-21-14(8-11)17(18,19)20/h4,6,8,12-13H,5,7,9-10H2,1-3H3,(H,22,25)/t12-,13?/m1/s1. The quantitative estimate of drug-likeness (QED) is 0.865. The second-order valence-electron chi connectivity index (χ2n) is 7.68. The lowest BCUT2D eigenvalue weighted by Gasteiger charge is -2.24. The van der Waals surface area contributed by atoms with E-state index in [2.05, 4.69) is 15.2 Å². The van der Waals surface area contributed by atoms with Crippen LogP contribution in [0.15, 0.2) is 18.3 Å². The van der Waals surface area contributed by atoms with E-state index in [1.165, 1.54) is 6.20 Å². The Morgan fingerprint density at radius 2 is 2.08 bits per heavy atom. The fourth-order valence-electron chi connectivity index (χ4n) is 3.42. The molecule has 0 spiro atoms. The molecule has 1 unspecified atom stereocenters. The first kappa shape index (κ1) is 18.8. The molecule has 0 saturated carbocycles. The first-order valence-corrected chi connectivity index (χ1v) is 8.55. The number of anilines is 1. The predicted octanol–water partition coefficient (Wildman–Crippen LogP) is 2.85. The third-order valence-electron chi connectivity index (χ3n) is 4.52. The highest BCUT2D eigenvalue weighted by molar-refractivity contribution is 5.68. The number of nitrogens with one attached hydrogen (secondary N) is 1. The van der Waals surface area contributed by atoms with E-state index in [1.54, 1.807) is 26.8 Å². The molecule has 0 bridgehead atoms. The third-order valence-corrected chi connectivity index (χ3v) is 4.52. The smallest absolute Gasteiger partial charge is 0.433 e. The highest BCUT2D eigenvalue weighted by atomic mass is 19.4. The number of halogens is 3. The maximum Gasteiger partial charge on any atom is 0.433 e. The van der Waals surface area contributed by atoms with Crippen LogP contribution in [0, 0.1) is 0 Å².